The molecule has 0 fully saturated rings. The summed E-state index contributed by atoms with van der Waals surface area (Å²) in [5.41, 5.74) is 2.19. The van der Waals surface area contributed by atoms with Crippen molar-refractivity contribution in [1.82, 2.24) is 0 Å². The molecule has 29 heavy (non-hydrogen) atoms. The Balaban J connectivity index is 1.64. The van der Waals surface area contributed by atoms with Crippen molar-refractivity contribution in [2.45, 2.75) is 13.8 Å². The fourth-order valence-electron chi connectivity index (χ4n) is 2.59. The first-order chi connectivity index (χ1) is 13.9. The molecule has 0 aliphatic rings. The van der Waals surface area contributed by atoms with Crippen LogP contribution in [0.1, 0.15) is 24.2 Å². The van der Waals surface area contributed by atoms with Crippen molar-refractivity contribution in [3.05, 3.63) is 78.4 Å². The summed E-state index contributed by atoms with van der Waals surface area (Å²) in [7, 11) is 0. The molecule has 0 heterocycles. The fraction of sp³-hybridized carbons (Fsp3) is 0.0870. The lowest BCUT2D eigenvalue weighted by molar-refractivity contribution is -0.132. The van der Waals surface area contributed by atoms with Gasteiger partial charge in [0.05, 0.1) is 5.56 Å². The third-order valence-corrected chi connectivity index (χ3v) is 3.87. The van der Waals surface area contributed by atoms with Gasteiger partial charge in [-0.1, -0.05) is 24.3 Å². The van der Waals surface area contributed by atoms with Gasteiger partial charge in [0, 0.05) is 13.8 Å². The summed E-state index contributed by atoms with van der Waals surface area (Å²) in [5, 5.41) is 0. The Hall–Kier alpha value is -3.93. The molecule has 3 rings (SSSR count). The summed E-state index contributed by atoms with van der Waals surface area (Å²) in [6.45, 7) is 2.66. The SMILES string of the molecule is CC(=O)Oc1ccc(C(=O)Oc2ccc(-c3ccc(OC(C)=O)cc3)cc2)cc1. The van der Waals surface area contributed by atoms with E-state index in [-0.39, 0.29) is 5.97 Å². The average Bonchev–Trinajstić information content (AvgIpc) is 2.69. The summed E-state index contributed by atoms with van der Waals surface area (Å²) < 4.78 is 15.3. The van der Waals surface area contributed by atoms with E-state index in [4.69, 9.17) is 14.2 Å². The molecule has 0 saturated carbocycles. The molecule has 0 aromatic heterocycles. The van der Waals surface area contributed by atoms with Gasteiger partial charge in [0.2, 0.25) is 0 Å². The number of ether oxygens (including phenoxy) is 3. The molecule has 3 aromatic carbocycles. The summed E-state index contributed by atoms with van der Waals surface area (Å²) in [4.78, 5) is 34.2. The summed E-state index contributed by atoms with van der Waals surface area (Å²) in [5.74, 6) is -0.0757. The van der Waals surface area contributed by atoms with E-state index in [1.165, 1.54) is 38.1 Å². The second-order valence-electron chi connectivity index (χ2n) is 6.15. The van der Waals surface area contributed by atoms with E-state index in [2.05, 4.69) is 0 Å². The second-order valence-corrected chi connectivity index (χ2v) is 6.15. The van der Waals surface area contributed by atoms with Gasteiger partial charge >= 0.3 is 17.9 Å². The van der Waals surface area contributed by atoms with Crippen molar-refractivity contribution < 1.29 is 28.6 Å². The minimum absolute atomic E-state index is 0.339. The third-order valence-electron chi connectivity index (χ3n) is 3.87. The van der Waals surface area contributed by atoms with E-state index in [0.717, 1.165) is 11.1 Å². The first-order valence-electron chi connectivity index (χ1n) is 8.80. The van der Waals surface area contributed by atoms with Gasteiger partial charge in [-0.3, -0.25) is 9.59 Å². The van der Waals surface area contributed by atoms with E-state index in [0.29, 0.717) is 22.8 Å². The number of carbonyl (C=O) groups excluding carboxylic acids is 3. The number of hydrogen-bond donors (Lipinski definition) is 0. The molecule has 3 aromatic rings. The van der Waals surface area contributed by atoms with E-state index < -0.39 is 11.9 Å². The summed E-state index contributed by atoms with van der Waals surface area (Å²) in [6.07, 6.45) is 0. The quantitative estimate of drug-likeness (QED) is 0.474. The van der Waals surface area contributed by atoms with Crippen molar-refractivity contribution in [2.24, 2.45) is 0 Å². The van der Waals surface area contributed by atoms with Gasteiger partial charge in [0.15, 0.2) is 0 Å². The molecule has 0 saturated heterocycles. The number of carbonyl (C=O) groups is 3. The fourth-order valence-corrected chi connectivity index (χ4v) is 2.59. The molecule has 0 unspecified atom stereocenters. The third kappa shape index (κ3) is 5.52. The topological polar surface area (TPSA) is 78.9 Å². The van der Waals surface area contributed by atoms with Crippen molar-refractivity contribution in [3.8, 4) is 28.4 Å². The molecule has 0 N–H and O–H groups in total. The van der Waals surface area contributed by atoms with Gasteiger partial charge in [0.1, 0.15) is 17.2 Å². The maximum absolute atomic E-state index is 12.3. The van der Waals surface area contributed by atoms with Crippen LogP contribution in [-0.2, 0) is 9.59 Å². The highest BCUT2D eigenvalue weighted by Gasteiger charge is 2.10. The molecular weight excluding hydrogens is 372 g/mol. The smallest absolute Gasteiger partial charge is 0.343 e. The highest BCUT2D eigenvalue weighted by atomic mass is 16.5. The molecule has 6 nitrogen and oxygen atoms in total. The van der Waals surface area contributed by atoms with Gasteiger partial charge < -0.3 is 14.2 Å². The minimum atomic E-state index is -0.516. The first kappa shape index (κ1) is 19.8. The van der Waals surface area contributed by atoms with Crippen LogP contribution in [0.3, 0.4) is 0 Å². The first-order valence-corrected chi connectivity index (χ1v) is 8.80. The maximum atomic E-state index is 12.3. The molecular formula is C23H18O6. The van der Waals surface area contributed by atoms with Crippen molar-refractivity contribution in [2.75, 3.05) is 0 Å². The van der Waals surface area contributed by atoms with E-state index >= 15 is 0 Å². The van der Waals surface area contributed by atoms with Crippen LogP contribution >= 0.6 is 0 Å². The van der Waals surface area contributed by atoms with Gasteiger partial charge in [-0.25, -0.2) is 4.79 Å². The van der Waals surface area contributed by atoms with Crippen LogP contribution in [0.5, 0.6) is 17.2 Å². The van der Waals surface area contributed by atoms with Crippen LogP contribution in [0.2, 0.25) is 0 Å². The lowest BCUT2D eigenvalue weighted by Crippen LogP contribution is -2.08. The second kappa shape index (κ2) is 8.84. The number of benzene rings is 3. The molecule has 0 aliphatic carbocycles. The largest absolute Gasteiger partial charge is 0.427 e. The molecule has 0 aliphatic heterocycles. The standard InChI is InChI=1S/C23H18O6/c1-15(24)27-20-9-3-17(4-10-20)18-5-11-22(12-6-18)29-23(26)19-7-13-21(14-8-19)28-16(2)25/h3-14H,1-2H3. The predicted octanol–water partition coefficient (Wildman–Crippen LogP) is 4.42. The normalized spacial score (nSPS) is 10.1. The van der Waals surface area contributed by atoms with Gasteiger partial charge in [-0.2, -0.15) is 0 Å². The van der Waals surface area contributed by atoms with Crippen LogP contribution < -0.4 is 14.2 Å². The highest BCUT2D eigenvalue weighted by Crippen LogP contribution is 2.25. The molecule has 0 bridgehead atoms. The summed E-state index contributed by atoms with van der Waals surface area (Å²) >= 11 is 0. The van der Waals surface area contributed by atoms with Gasteiger partial charge in [0.25, 0.3) is 0 Å². The Morgan fingerprint density at radius 2 is 0.862 bits per heavy atom. The Morgan fingerprint density at radius 3 is 1.24 bits per heavy atom. The molecule has 0 spiro atoms. The van der Waals surface area contributed by atoms with E-state index in [9.17, 15) is 14.4 Å². The van der Waals surface area contributed by atoms with Gasteiger partial charge in [-0.05, 0) is 59.7 Å². The van der Waals surface area contributed by atoms with Crippen LogP contribution in [0.4, 0.5) is 0 Å². The molecule has 0 atom stereocenters. The van der Waals surface area contributed by atoms with Crippen LogP contribution in [0.15, 0.2) is 72.8 Å². The van der Waals surface area contributed by atoms with E-state index in [1.54, 1.807) is 24.3 Å². The minimum Gasteiger partial charge on any atom is -0.427 e. The molecule has 146 valence electrons. The molecule has 0 radical (unpaired) electrons. The van der Waals surface area contributed by atoms with E-state index in [1.807, 2.05) is 24.3 Å². The zero-order valence-corrected chi connectivity index (χ0v) is 15.9. The van der Waals surface area contributed by atoms with Crippen molar-refractivity contribution in [1.29, 1.82) is 0 Å². The molecule has 0 amide bonds. The number of hydrogen-bond acceptors (Lipinski definition) is 6. The van der Waals surface area contributed by atoms with Gasteiger partial charge in [-0.15, -0.1) is 0 Å². The van der Waals surface area contributed by atoms with Crippen molar-refractivity contribution >= 4 is 17.9 Å². The Kier molecular flexibility index (Phi) is 6.04. The lowest BCUT2D eigenvalue weighted by atomic mass is 10.1. The summed E-state index contributed by atoms with van der Waals surface area (Å²) in [6, 6.07) is 20.3. The average molecular weight is 390 g/mol. The Morgan fingerprint density at radius 1 is 0.517 bits per heavy atom. The van der Waals surface area contributed by atoms with Crippen molar-refractivity contribution in [3.63, 3.8) is 0 Å². The number of esters is 3. The highest BCUT2D eigenvalue weighted by molar-refractivity contribution is 5.91. The Bertz CT molecular complexity index is 1020. The Labute approximate surface area is 167 Å². The van der Waals surface area contributed by atoms with Crippen LogP contribution in [-0.4, -0.2) is 17.9 Å². The van der Waals surface area contributed by atoms with Crippen LogP contribution in [0.25, 0.3) is 11.1 Å². The predicted molar refractivity (Wildman–Crippen MR) is 106 cm³/mol. The number of rotatable bonds is 5. The zero-order valence-electron chi connectivity index (χ0n) is 15.9. The molecule has 6 heteroatoms. The monoisotopic (exact) mass is 390 g/mol. The lowest BCUT2D eigenvalue weighted by Gasteiger charge is -2.07. The van der Waals surface area contributed by atoms with Crippen LogP contribution in [0, 0.1) is 0 Å². The maximum Gasteiger partial charge on any atom is 0.343 e. The zero-order chi connectivity index (χ0) is 20.8.